The Morgan fingerprint density at radius 3 is 2.40 bits per heavy atom. The molecule has 0 bridgehead atoms. The zero-order valence-electron chi connectivity index (χ0n) is 17.0. The van der Waals surface area contributed by atoms with Gasteiger partial charge in [-0.3, -0.25) is 9.59 Å². The fourth-order valence-corrected chi connectivity index (χ4v) is 4.99. The van der Waals surface area contributed by atoms with Crippen LogP contribution in [-0.2, 0) is 14.6 Å². The van der Waals surface area contributed by atoms with Crippen molar-refractivity contribution >= 4 is 27.3 Å². The molecule has 2 amide bonds. The smallest absolute Gasteiger partial charge is 0.251 e. The summed E-state index contributed by atoms with van der Waals surface area (Å²) in [6.07, 6.45) is 5.50. The molecule has 1 fully saturated rings. The molecule has 0 atom stereocenters. The molecule has 0 saturated heterocycles. The first-order chi connectivity index (χ1) is 14.5. The quantitative estimate of drug-likeness (QED) is 0.626. The lowest BCUT2D eigenvalue weighted by atomic mass is 9.88. The molecule has 160 valence electrons. The van der Waals surface area contributed by atoms with Gasteiger partial charge in [0.15, 0.2) is 9.84 Å². The highest BCUT2D eigenvalue weighted by Crippen LogP contribution is 2.25. The van der Waals surface area contributed by atoms with Crippen molar-refractivity contribution in [2.24, 2.45) is 5.92 Å². The van der Waals surface area contributed by atoms with E-state index in [1.165, 1.54) is 6.42 Å². The Morgan fingerprint density at radius 1 is 0.933 bits per heavy atom. The van der Waals surface area contributed by atoms with Crippen LogP contribution in [0.5, 0.6) is 0 Å². The van der Waals surface area contributed by atoms with Crippen LogP contribution < -0.4 is 10.6 Å². The van der Waals surface area contributed by atoms with Gasteiger partial charge in [0.2, 0.25) is 5.91 Å². The molecular weight excluding hydrogens is 400 g/mol. The van der Waals surface area contributed by atoms with Crippen LogP contribution in [0.15, 0.2) is 59.5 Å². The zero-order valence-corrected chi connectivity index (χ0v) is 17.8. The van der Waals surface area contributed by atoms with Gasteiger partial charge in [0.05, 0.1) is 10.6 Å². The highest BCUT2D eigenvalue weighted by atomic mass is 32.2. The van der Waals surface area contributed by atoms with Gasteiger partial charge in [-0.2, -0.15) is 0 Å². The van der Waals surface area contributed by atoms with Gasteiger partial charge in [-0.25, -0.2) is 8.42 Å². The van der Waals surface area contributed by atoms with Gasteiger partial charge in [0.25, 0.3) is 5.91 Å². The van der Waals surface area contributed by atoms with Gasteiger partial charge in [0, 0.05) is 23.7 Å². The lowest BCUT2D eigenvalue weighted by Gasteiger charge is -2.20. The van der Waals surface area contributed by atoms with Crippen LogP contribution >= 0.6 is 0 Å². The van der Waals surface area contributed by atoms with Crippen molar-refractivity contribution in [1.82, 2.24) is 5.32 Å². The molecule has 3 rings (SSSR count). The van der Waals surface area contributed by atoms with E-state index in [-0.39, 0.29) is 34.9 Å². The minimum Gasteiger partial charge on any atom is -0.352 e. The molecule has 30 heavy (non-hydrogen) atoms. The predicted molar refractivity (Wildman–Crippen MR) is 117 cm³/mol. The summed E-state index contributed by atoms with van der Waals surface area (Å²) in [6.45, 7) is 0.254. The SMILES string of the molecule is O=C(NCCCS(=O)(=O)c1ccccc1)c1cccc(NC(=O)C2CCCCC2)c1. The standard InChI is InChI=1S/C23H28N2O4S/c26-22(24-15-8-16-30(28,29)21-13-5-2-6-14-21)19-11-7-12-20(17-19)25-23(27)18-9-3-1-4-10-18/h2,5-7,11-14,17-18H,1,3-4,8-10,15-16H2,(H,24,26)(H,25,27). The van der Waals surface area contributed by atoms with Crippen LogP contribution in [0.2, 0.25) is 0 Å². The average molecular weight is 429 g/mol. The van der Waals surface area contributed by atoms with E-state index in [1.54, 1.807) is 54.6 Å². The van der Waals surface area contributed by atoms with Gasteiger partial charge in [-0.15, -0.1) is 0 Å². The molecule has 2 aromatic carbocycles. The molecule has 1 aliphatic rings. The summed E-state index contributed by atoms with van der Waals surface area (Å²) in [7, 11) is -3.35. The third kappa shape index (κ3) is 6.16. The summed E-state index contributed by atoms with van der Waals surface area (Å²) in [5.41, 5.74) is 1.03. The minimum absolute atomic E-state index is 0.0124. The fourth-order valence-electron chi connectivity index (χ4n) is 3.66. The Hall–Kier alpha value is -2.67. The largest absolute Gasteiger partial charge is 0.352 e. The Kier molecular flexibility index (Phi) is 7.63. The predicted octanol–water partition coefficient (Wildman–Crippen LogP) is 3.80. The number of nitrogens with one attached hydrogen (secondary N) is 2. The fraction of sp³-hybridized carbons (Fsp3) is 0.391. The Labute approximate surface area is 178 Å². The van der Waals surface area contributed by atoms with Crippen LogP contribution in [0.4, 0.5) is 5.69 Å². The molecule has 0 spiro atoms. The van der Waals surface area contributed by atoms with Gasteiger partial charge in [-0.05, 0) is 49.6 Å². The van der Waals surface area contributed by atoms with Crippen molar-refractivity contribution in [3.05, 3.63) is 60.2 Å². The second kappa shape index (κ2) is 10.4. The first-order valence-electron chi connectivity index (χ1n) is 10.4. The first-order valence-corrected chi connectivity index (χ1v) is 12.1. The second-order valence-corrected chi connectivity index (χ2v) is 9.76. The van der Waals surface area contributed by atoms with Crippen LogP contribution in [0, 0.1) is 5.92 Å². The number of anilines is 1. The maximum absolute atomic E-state index is 12.4. The van der Waals surface area contributed by atoms with Crippen LogP contribution in [0.1, 0.15) is 48.9 Å². The second-order valence-electron chi connectivity index (χ2n) is 7.65. The van der Waals surface area contributed by atoms with Crippen molar-refractivity contribution in [2.45, 2.75) is 43.4 Å². The summed E-state index contributed by atoms with van der Waals surface area (Å²) in [6, 6.07) is 15.1. The molecule has 0 unspecified atom stereocenters. The number of benzene rings is 2. The minimum atomic E-state index is -3.35. The van der Waals surface area contributed by atoms with E-state index in [9.17, 15) is 18.0 Å². The number of hydrogen-bond donors (Lipinski definition) is 2. The third-order valence-electron chi connectivity index (χ3n) is 5.35. The molecule has 0 aromatic heterocycles. The first kappa shape index (κ1) is 22.0. The maximum Gasteiger partial charge on any atom is 0.251 e. The third-order valence-corrected chi connectivity index (χ3v) is 7.16. The maximum atomic E-state index is 12.4. The summed E-state index contributed by atoms with van der Waals surface area (Å²) in [5.74, 6) is -0.267. The average Bonchev–Trinajstić information content (AvgIpc) is 2.78. The molecular formula is C23H28N2O4S. The van der Waals surface area contributed by atoms with Crippen molar-refractivity contribution < 1.29 is 18.0 Å². The monoisotopic (exact) mass is 428 g/mol. The van der Waals surface area contributed by atoms with Gasteiger partial charge in [-0.1, -0.05) is 43.5 Å². The van der Waals surface area contributed by atoms with Crippen LogP contribution in [0.25, 0.3) is 0 Å². The number of hydrogen-bond acceptors (Lipinski definition) is 4. The molecule has 0 radical (unpaired) electrons. The summed E-state index contributed by atoms with van der Waals surface area (Å²) >= 11 is 0. The van der Waals surface area contributed by atoms with E-state index in [1.807, 2.05) is 0 Å². The highest BCUT2D eigenvalue weighted by Gasteiger charge is 2.21. The molecule has 2 N–H and O–H groups in total. The summed E-state index contributed by atoms with van der Waals surface area (Å²) in [5, 5.41) is 5.66. The van der Waals surface area contributed by atoms with Crippen molar-refractivity contribution in [3.8, 4) is 0 Å². The molecule has 0 heterocycles. The van der Waals surface area contributed by atoms with E-state index < -0.39 is 9.84 Å². The van der Waals surface area contributed by atoms with Crippen molar-refractivity contribution in [1.29, 1.82) is 0 Å². The number of amides is 2. The number of rotatable bonds is 8. The number of carbonyl (C=O) groups excluding carboxylic acids is 2. The Morgan fingerprint density at radius 2 is 1.67 bits per heavy atom. The zero-order chi connectivity index (χ0) is 21.4. The Bertz CT molecular complexity index is 968. The topological polar surface area (TPSA) is 92.3 Å². The summed E-state index contributed by atoms with van der Waals surface area (Å²) < 4.78 is 24.5. The van der Waals surface area contributed by atoms with Crippen LogP contribution in [0.3, 0.4) is 0 Å². The van der Waals surface area contributed by atoms with Gasteiger partial charge >= 0.3 is 0 Å². The Balaban J connectivity index is 1.48. The van der Waals surface area contributed by atoms with Crippen LogP contribution in [-0.4, -0.2) is 32.5 Å². The normalized spacial score (nSPS) is 14.8. The molecule has 1 saturated carbocycles. The van der Waals surface area contributed by atoms with Crippen molar-refractivity contribution in [2.75, 3.05) is 17.6 Å². The van der Waals surface area contributed by atoms with Crippen molar-refractivity contribution in [3.63, 3.8) is 0 Å². The lowest BCUT2D eigenvalue weighted by molar-refractivity contribution is -0.120. The highest BCUT2D eigenvalue weighted by molar-refractivity contribution is 7.91. The summed E-state index contributed by atoms with van der Waals surface area (Å²) in [4.78, 5) is 25.1. The van der Waals surface area contributed by atoms with Gasteiger partial charge < -0.3 is 10.6 Å². The van der Waals surface area contributed by atoms with E-state index in [4.69, 9.17) is 0 Å². The number of sulfone groups is 1. The number of carbonyl (C=O) groups is 2. The lowest BCUT2D eigenvalue weighted by Crippen LogP contribution is -2.27. The molecule has 2 aromatic rings. The molecule has 1 aliphatic carbocycles. The van der Waals surface area contributed by atoms with E-state index in [0.717, 1.165) is 25.7 Å². The molecule has 6 nitrogen and oxygen atoms in total. The van der Waals surface area contributed by atoms with E-state index >= 15 is 0 Å². The van der Waals surface area contributed by atoms with Gasteiger partial charge in [0.1, 0.15) is 0 Å². The van der Waals surface area contributed by atoms with E-state index in [2.05, 4.69) is 10.6 Å². The van der Waals surface area contributed by atoms with E-state index in [0.29, 0.717) is 17.7 Å². The molecule has 7 heteroatoms. The molecule has 0 aliphatic heterocycles.